The van der Waals surface area contributed by atoms with Gasteiger partial charge in [0.25, 0.3) is 0 Å². The number of morpholine rings is 1. The molecule has 0 aliphatic carbocycles. The summed E-state index contributed by atoms with van der Waals surface area (Å²) in [5, 5.41) is 0. The van der Waals surface area contributed by atoms with E-state index in [-0.39, 0.29) is 12.6 Å². The van der Waals surface area contributed by atoms with Gasteiger partial charge in [-0.3, -0.25) is 0 Å². The number of hydrogen-bond acceptors (Lipinski definition) is 4. The Labute approximate surface area is 101 Å². The van der Waals surface area contributed by atoms with Crippen LogP contribution in [0.3, 0.4) is 0 Å². The van der Waals surface area contributed by atoms with Crippen LogP contribution in [-0.4, -0.2) is 45.1 Å². The molecule has 6 heteroatoms. The Balaban J connectivity index is 2.31. The summed E-state index contributed by atoms with van der Waals surface area (Å²) in [6.07, 6.45) is 0. The highest BCUT2D eigenvalue weighted by Crippen LogP contribution is 2.19. The number of nitrogens with two attached hydrogens (primary N) is 1. The molecule has 0 saturated carbocycles. The molecule has 17 heavy (non-hydrogen) atoms. The summed E-state index contributed by atoms with van der Waals surface area (Å²) in [4.78, 5) is 0.306. The Morgan fingerprint density at radius 3 is 2.71 bits per heavy atom. The second-order valence-electron chi connectivity index (χ2n) is 3.89. The lowest BCUT2D eigenvalue weighted by molar-refractivity contribution is 0.0358. The van der Waals surface area contributed by atoms with Gasteiger partial charge in [0.2, 0.25) is 10.0 Å². The third-order valence-corrected chi connectivity index (χ3v) is 4.76. The largest absolute Gasteiger partial charge is 0.378 e. The van der Waals surface area contributed by atoms with Crippen LogP contribution in [0.1, 0.15) is 0 Å². The topological polar surface area (TPSA) is 72.6 Å². The van der Waals surface area contributed by atoms with Gasteiger partial charge in [-0.2, -0.15) is 4.31 Å². The van der Waals surface area contributed by atoms with Crippen molar-refractivity contribution in [2.75, 3.05) is 26.3 Å². The molecule has 1 aromatic rings. The van der Waals surface area contributed by atoms with Gasteiger partial charge in [-0.1, -0.05) is 18.2 Å². The standard InChI is InChI=1S/C11H16N2O3S/c12-8-10-9-16-7-6-13(10)17(14,15)11-4-2-1-3-5-11/h1-5,10H,6-9,12H2. The quantitative estimate of drug-likeness (QED) is 0.828. The van der Waals surface area contributed by atoms with E-state index in [2.05, 4.69) is 0 Å². The molecular formula is C11H16N2O3S. The fourth-order valence-electron chi connectivity index (χ4n) is 1.87. The van der Waals surface area contributed by atoms with E-state index >= 15 is 0 Å². The predicted octanol–water partition coefficient (Wildman–Crippen LogP) is 0.0348. The van der Waals surface area contributed by atoms with Crippen LogP contribution < -0.4 is 5.73 Å². The molecule has 1 unspecified atom stereocenters. The molecule has 1 fully saturated rings. The zero-order chi connectivity index (χ0) is 12.3. The number of ether oxygens (including phenoxy) is 1. The second kappa shape index (κ2) is 5.14. The lowest BCUT2D eigenvalue weighted by atomic mass is 10.3. The first kappa shape index (κ1) is 12.5. The third-order valence-electron chi connectivity index (χ3n) is 2.80. The lowest BCUT2D eigenvalue weighted by Gasteiger charge is -2.33. The van der Waals surface area contributed by atoms with Crippen molar-refractivity contribution in [3.63, 3.8) is 0 Å². The van der Waals surface area contributed by atoms with Crippen molar-refractivity contribution in [1.29, 1.82) is 0 Å². The van der Waals surface area contributed by atoms with Gasteiger partial charge in [-0.15, -0.1) is 0 Å². The van der Waals surface area contributed by atoms with Gasteiger partial charge in [-0.25, -0.2) is 8.42 Å². The summed E-state index contributed by atoms with van der Waals surface area (Å²) < 4.78 is 31.4. The van der Waals surface area contributed by atoms with Gasteiger partial charge in [-0.05, 0) is 12.1 Å². The summed E-state index contributed by atoms with van der Waals surface area (Å²) in [7, 11) is -3.45. The molecule has 1 atom stereocenters. The Kier molecular flexibility index (Phi) is 3.78. The molecule has 2 N–H and O–H groups in total. The van der Waals surface area contributed by atoms with E-state index in [4.69, 9.17) is 10.5 Å². The molecular weight excluding hydrogens is 240 g/mol. The molecule has 0 radical (unpaired) electrons. The molecule has 2 rings (SSSR count). The third kappa shape index (κ3) is 2.50. The first-order valence-electron chi connectivity index (χ1n) is 5.51. The first-order valence-corrected chi connectivity index (χ1v) is 6.95. The molecule has 1 saturated heterocycles. The van der Waals surface area contributed by atoms with Gasteiger partial charge in [0.15, 0.2) is 0 Å². The van der Waals surface area contributed by atoms with Crippen molar-refractivity contribution >= 4 is 10.0 Å². The Morgan fingerprint density at radius 1 is 1.35 bits per heavy atom. The van der Waals surface area contributed by atoms with Crippen LogP contribution in [0.5, 0.6) is 0 Å². The number of benzene rings is 1. The Bertz CT molecular complexity index is 461. The van der Waals surface area contributed by atoms with Crippen LogP contribution in [0.15, 0.2) is 35.2 Å². The normalized spacial score (nSPS) is 22.5. The SMILES string of the molecule is NCC1COCCN1S(=O)(=O)c1ccccc1. The van der Waals surface area contributed by atoms with Crippen LogP contribution >= 0.6 is 0 Å². The molecule has 94 valence electrons. The maximum Gasteiger partial charge on any atom is 0.243 e. The Hall–Kier alpha value is -0.950. The van der Waals surface area contributed by atoms with Crippen LogP contribution in [0, 0.1) is 0 Å². The van der Waals surface area contributed by atoms with Crippen molar-refractivity contribution in [1.82, 2.24) is 4.31 Å². The average Bonchev–Trinajstić information content (AvgIpc) is 2.39. The molecule has 1 heterocycles. The average molecular weight is 256 g/mol. The zero-order valence-corrected chi connectivity index (χ0v) is 10.3. The van der Waals surface area contributed by atoms with Crippen LogP contribution in [0.4, 0.5) is 0 Å². The number of nitrogens with zero attached hydrogens (tertiary/aromatic N) is 1. The van der Waals surface area contributed by atoms with E-state index in [1.807, 2.05) is 0 Å². The van der Waals surface area contributed by atoms with Gasteiger partial charge >= 0.3 is 0 Å². The van der Waals surface area contributed by atoms with Gasteiger partial charge in [0.1, 0.15) is 0 Å². The molecule has 1 aromatic carbocycles. The molecule has 0 amide bonds. The lowest BCUT2D eigenvalue weighted by Crippen LogP contribution is -2.51. The molecule has 1 aliphatic rings. The second-order valence-corrected chi connectivity index (χ2v) is 5.78. The number of hydrogen-bond donors (Lipinski definition) is 1. The highest BCUT2D eigenvalue weighted by molar-refractivity contribution is 7.89. The minimum Gasteiger partial charge on any atom is -0.378 e. The predicted molar refractivity (Wildman–Crippen MR) is 64.0 cm³/mol. The van der Waals surface area contributed by atoms with Crippen molar-refractivity contribution in [3.05, 3.63) is 30.3 Å². The monoisotopic (exact) mass is 256 g/mol. The molecule has 1 aliphatic heterocycles. The van der Waals surface area contributed by atoms with Crippen LogP contribution in [0.25, 0.3) is 0 Å². The van der Waals surface area contributed by atoms with Crippen molar-refractivity contribution in [2.45, 2.75) is 10.9 Å². The summed E-state index contributed by atoms with van der Waals surface area (Å²) >= 11 is 0. The maximum atomic E-state index is 12.4. The van der Waals surface area contributed by atoms with Gasteiger partial charge in [0.05, 0.1) is 24.2 Å². The summed E-state index contributed by atoms with van der Waals surface area (Å²) in [5.41, 5.74) is 5.58. The van der Waals surface area contributed by atoms with Crippen molar-refractivity contribution < 1.29 is 13.2 Å². The van der Waals surface area contributed by atoms with E-state index in [1.54, 1.807) is 30.3 Å². The van der Waals surface area contributed by atoms with E-state index in [1.165, 1.54) is 4.31 Å². The summed E-state index contributed by atoms with van der Waals surface area (Å²) in [6.45, 7) is 1.41. The molecule has 0 bridgehead atoms. The van der Waals surface area contributed by atoms with E-state index in [0.29, 0.717) is 24.7 Å². The van der Waals surface area contributed by atoms with E-state index < -0.39 is 10.0 Å². The zero-order valence-electron chi connectivity index (χ0n) is 9.45. The molecule has 5 nitrogen and oxygen atoms in total. The highest BCUT2D eigenvalue weighted by atomic mass is 32.2. The van der Waals surface area contributed by atoms with Crippen LogP contribution in [-0.2, 0) is 14.8 Å². The smallest absolute Gasteiger partial charge is 0.243 e. The first-order chi connectivity index (χ1) is 8.16. The fourth-order valence-corrected chi connectivity index (χ4v) is 3.50. The minimum atomic E-state index is -3.45. The van der Waals surface area contributed by atoms with Crippen molar-refractivity contribution in [3.8, 4) is 0 Å². The molecule has 0 aromatic heterocycles. The van der Waals surface area contributed by atoms with Gasteiger partial charge < -0.3 is 10.5 Å². The minimum absolute atomic E-state index is 0.269. The summed E-state index contributed by atoms with van der Waals surface area (Å²) in [5.74, 6) is 0. The van der Waals surface area contributed by atoms with E-state index in [9.17, 15) is 8.42 Å². The highest BCUT2D eigenvalue weighted by Gasteiger charge is 2.32. The van der Waals surface area contributed by atoms with Gasteiger partial charge in [0, 0.05) is 13.1 Å². The fraction of sp³-hybridized carbons (Fsp3) is 0.455. The maximum absolute atomic E-state index is 12.4. The number of sulfonamides is 1. The number of rotatable bonds is 3. The Morgan fingerprint density at radius 2 is 2.06 bits per heavy atom. The summed E-state index contributed by atoms with van der Waals surface area (Å²) in [6, 6.07) is 8.14. The van der Waals surface area contributed by atoms with Crippen LogP contribution in [0.2, 0.25) is 0 Å². The van der Waals surface area contributed by atoms with E-state index in [0.717, 1.165) is 0 Å². The van der Waals surface area contributed by atoms with Crippen molar-refractivity contribution in [2.24, 2.45) is 5.73 Å². The molecule has 0 spiro atoms.